The van der Waals surface area contributed by atoms with E-state index in [-0.39, 0.29) is 23.8 Å². The summed E-state index contributed by atoms with van der Waals surface area (Å²) in [5.74, 6) is 0.162. The lowest BCUT2D eigenvalue weighted by molar-refractivity contribution is -0.136. The number of likely N-dealkylation sites (tertiary alicyclic amines) is 2. The van der Waals surface area contributed by atoms with Gasteiger partial charge >= 0.3 is 0 Å². The van der Waals surface area contributed by atoms with Crippen LogP contribution in [0.25, 0.3) is 0 Å². The maximum Gasteiger partial charge on any atom is 0.224 e. The molecule has 2 rings (SSSR count). The maximum absolute atomic E-state index is 12.1. The van der Waals surface area contributed by atoms with Crippen molar-refractivity contribution >= 4 is 11.8 Å². The van der Waals surface area contributed by atoms with Crippen LogP contribution in [0.5, 0.6) is 0 Å². The van der Waals surface area contributed by atoms with Gasteiger partial charge < -0.3 is 19.6 Å². The zero-order valence-electron chi connectivity index (χ0n) is 13.9. The molecule has 2 heterocycles. The highest BCUT2D eigenvalue weighted by Gasteiger charge is 2.52. The molecule has 0 aliphatic carbocycles. The molecule has 0 aromatic rings. The van der Waals surface area contributed by atoms with Gasteiger partial charge in [0, 0.05) is 33.7 Å². The number of nitrogens with zero attached hydrogens (tertiary/aromatic N) is 2. The number of rotatable bonds is 4. The molecule has 0 aromatic heterocycles. The van der Waals surface area contributed by atoms with Gasteiger partial charge in [0.15, 0.2) is 0 Å². The fraction of sp³-hybridized carbons (Fsp3) is 0.875. The third kappa shape index (κ3) is 3.27. The summed E-state index contributed by atoms with van der Waals surface area (Å²) in [5, 5.41) is 9.72. The fourth-order valence-corrected chi connectivity index (χ4v) is 4.03. The Morgan fingerprint density at radius 1 is 1.27 bits per heavy atom. The van der Waals surface area contributed by atoms with Crippen LogP contribution >= 0.6 is 0 Å². The van der Waals surface area contributed by atoms with E-state index in [2.05, 4.69) is 0 Å². The van der Waals surface area contributed by atoms with E-state index in [1.54, 1.807) is 14.0 Å². The van der Waals surface area contributed by atoms with E-state index < -0.39 is 5.54 Å². The Morgan fingerprint density at radius 3 is 2.36 bits per heavy atom. The first-order valence-electron chi connectivity index (χ1n) is 8.02. The maximum atomic E-state index is 12.1. The smallest absolute Gasteiger partial charge is 0.224 e. The number of methoxy groups -OCH3 is 1. The minimum Gasteiger partial charge on any atom is -0.394 e. The summed E-state index contributed by atoms with van der Waals surface area (Å²) in [6.45, 7) is 6.13. The molecule has 2 aliphatic rings. The molecule has 2 aliphatic heterocycles. The predicted molar refractivity (Wildman–Crippen MR) is 82.2 cm³/mol. The normalized spacial score (nSPS) is 27.5. The molecule has 2 fully saturated rings. The van der Waals surface area contributed by atoms with Crippen LogP contribution in [0.4, 0.5) is 0 Å². The minimum absolute atomic E-state index is 0.00911. The van der Waals surface area contributed by atoms with E-state index in [0.717, 1.165) is 32.4 Å². The van der Waals surface area contributed by atoms with Crippen LogP contribution in [0.3, 0.4) is 0 Å². The highest BCUT2D eigenvalue weighted by molar-refractivity contribution is 5.76. The van der Waals surface area contributed by atoms with Gasteiger partial charge in [-0.3, -0.25) is 9.59 Å². The van der Waals surface area contributed by atoms with Gasteiger partial charge in [0.2, 0.25) is 11.8 Å². The van der Waals surface area contributed by atoms with Gasteiger partial charge in [0.05, 0.1) is 25.2 Å². The monoisotopic (exact) mass is 312 g/mol. The SMILES string of the molecule is COCCC(=O)N1CCC2(CC1)CN(C(C)=O)[C@](C)(CO)C2. The van der Waals surface area contributed by atoms with Crippen molar-refractivity contribution in [2.24, 2.45) is 5.41 Å². The van der Waals surface area contributed by atoms with Crippen LogP contribution in [0, 0.1) is 5.41 Å². The highest BCUT2D eigenvalue weighted by Crippen LogP contribution is 2.47. The summed E-state index contributed by atoms with van der Waals surface area (Å²) in [4.78, 5) is 27.6. The molecule has 22 heavy (non-hydrogen) atoms. The fourth-order valence-electron chi connectivity index (χ4n) is 4.03. The van der Waals surface area contributed by atoms with Gasteiger partial charge in [-0.2, -0.15) is 0 Å². The molecule has 0 bridgehead atoms. The van der Waals surface area contributed by atoms with Crippen molar-refractivity contribution in [1.29, 1.82) is 0 Å². The van der Waals surface area contributed by atoms with Gasteiger partial charge in [-0.15, -0.1) is 0 Å². The second-order valence-corrected chi connectivity index (χ2v) is 7.06. The average Bonchev–Trinajstić information content (AvgIpc) is 2.79. The third-order valence-electron chi connectivity index (χ3n) is 5.32. The Bertz CT molecular complexity index is 432. The van der Waals surface area contributed by atoms with E-state index in [4.69, 9.17) is 4.74 Å². The number of hydrogen-bond acceptors (Lipinski definition) is 4. The summed E-state index contributed by atoms with van der Waals surface area (Å²) in [6.07, 6.45) is 3.03. The molecule has 1 N–H and O–H groups in total. The number of aliphatic hydroxyl groups is 1. The zero-order chi connectivity index (χ0) is 16.4. The van der Waals surface area contributed by atoms with Crippen molar-refractivity contribution in [3.8, 4) is 0 Å². The first-order chi connectivity index (χ1) is 10.4. The molecule has 1 spiro atoms. The summed E-state index contributed by atoms with van der Waals surface area (Å²) >= 11 is 0. The molecule has 0 unspecified atom stereocenters. The number of ether oxygens (including phenoxy) is 1. The molecular weight excluding hydrogens is 284 g/mol. The Labute approximate surface area is 132 Å². The molecule has 126 valence electrons. The number of carbonyl (C=O) groups excluding carboxylic acids is 2. The van der Waals surface area contributed by atoms with E-state index in [1.165, 1.54) is 0 Å². The molecule has 0 radical (unpaired) electrons. The molecular formula is C16H28N2O4. The zero-order valence-corrected chi connectivity index (χ0v) is 13.9. The van der Waals surface area contributed by atoms with Crippen LogP contribution in [0.15, 0.2) is 0 Å². The van der Waals surface area contributed by atoms with Crippen LogP contribution in [-0.2, 0) is 14.3 Å². The van der Waals surface area contributed by atoms with Crippen LogP contribution in [0.1, 0.15) is 39.5 Å². The van der Waals surface area contributed by atoms with E-state index in [1.807, 2.05) is 16.7 Å². The number of piperidine rings is 1. The number of carbonyl (C=O) groups is 2. The third-order valence-corrected chi connectivity index (χ3v) is 5.32. The Hall–Kier alpha value is -1.14. The number of hydrogen-bond donors (Lipinski definition) is 1. The van der Waals surface area contributed by atoms with Crippen molar-refractivity contribution in [2.75, 3.05) is 40.0 Å². The topological polar surface area (TPSA) is 70.1 Å². The van der Waals surface area contributed by atoms with Crippen molar-refractivity contribution in [3.05, 3.63) is 0 Å². The lowest BCUT2D eigenvalue weighted by Crippen LogP contribution is -2.46. The van der Waals surface area contributed by atoms with Crippen LogP contribution in [0.2, 0.25) is 0 Å². The second kappa shape index (κ2) is 6.54. The van der Waals surface area contributed by atoms with Crippen molar-refractivity contribution in [2.45, 2.75) is 45.1 Å². The highest BCUT2D eigenvalue weighted by atomic mass is 16.5. The predicted octanol–water partition coefficient (Wildman–Crippen LogP) is 0.635. The quantitative estimate of drug-likeness (QED) is 0.827. The summed E-state index contributed by atoms with van der Waals surface area (Å²) in [6, 6.07) is 0. The summed E-state index contributed by atoms with van der Waals surface area (Å²) < 4.78 is 4.96. The Morgan fingerprint density at radius 2 is 1.91 bits per heavy atom. The number of amides is 2. The molecule has 6 nitrogen and oxygen atoms in total. The molecule has 1 atom stereocenters. The summed E-state index contributed by atoms with van der Waals surface area (Å²) in [7, 11) is 1.60. The van der Waals surface area contributed by atoms with Crippen molar-refractivity contribution in [3.63, 3.8) is 0 Å². The van der Waals surface area contributed by atoms with Crippen molar-refractivity contribution < 1.29 is 19.4 Å². The van der Waals surface area contributed by atoms with Gasteiger partial charge in [-0.1, -0.05) is 0 Å². The first kappa shape index (κ1) is 17.2. The lowest BCUT2D eigenvalue weighted by atomic mass is 9.74. The van der Waals surface area contributed by atoms with Crippen molar-refractivity contribution in [1.82, 2.24) is 9.80 Å². The standard InChI is InChI=1S/C16H28N2O4/c1-13(20)18-11-16(10-15(18,2)12-19)5-7-17(8-6-16)14(21)4-9-22-3/h19H,4-12H2,1-3H3/t15-/m0/s1. The summed E-state index contributed by atoms with van der Waals surface area (Å²) in [5.41, 5.74) is -0.421. The molecule has 0 saturated carbocycles. The van der Waals surface area contributed by atoms with Gasteiger partial charge in [0.25, 0.3) is 0 Å². The van der Waals surface area contributed by atoms with Gasteiger partial charge in [-0.05, 0) is 31.6 Å². The minimum atomic E-state index is -0.464. The Balaban J connectivity index is 1.98. The van der Waals surface area contributed by atoms with Crippen LogP contribution in [-0.4, -0.2) is 72.2 Å². The van der Waals surface area contributed by atoms with E-state index >= 15 is 0 Å². The largest absolute Gasteiger partial charge is 0.394 e. The molecule has 2 amide bonds. The van der Waals surface area contributed by atoms with Gasteiger partial charge in [-0.25, -0.2) is 0 Å². The van der Waals surface area contributed by atoms with Crippen LogP contribution < -0.4 is 0 Å². The van der Waals surface area contributed by atoms with Gasteiger partial charge in [0.1, 0.15) is 0 Å². The first-order valence-corrected chi connectivity index (χ1v) is 8.02. The average molecular weight is 312 g/mol. The Kier molecular flexibility index (Phi) is 5.12. The van der Waals surface area contributed by atoms with E-state index in [0.29, 0.717) is 19.6 Å². The molecule has 0 aromatic carbocycles. The lowest BCUT2D eigenvalue weighted by Gasteiger charge is -2.39. The second-order valence-electron chi connectivity index (χ2n) is 7.06. The van der Waals surface area contributed by atoms with E-state index in [9.17, 15) is 14.7 Å². The molecule has 2 saturated heterocycles. The molecule has 6 heteroatoms. The number of aliphatic hydroxyl groups excluding tert-OH is 1.